The minimum Gasteiger partial charge on any atom is -0.358 e. The number of carbonyl (C=O) groups is 1. The first-order valence-corrected chi connectivity index (χ1v) is 17.6. The third-order valence-corrected chi connectivity index (χ3v) is 11.2. The summed E-state index contributed by atoms with van der Waals surface area (Å²) in [6.07, 6.45) is 17.2. The number of carbonyl (C=O) groups excluding carboxylic acids is 1. The van der Waals surface area contributed by atoms with Gasteiger partial charge < -0.3 is 10.6 Å². The molecule has 0 bridgehead atoms. The zero-order chi connectivity index (χ0) is 32.5. The van der Waals surface area contributed by atoms with Crippen LogP contribution >= 0.6 is 0 Å². The van der Waals surface area contributed by atoms with E-state index in [1.807, 2.05) is 36.4 Å². The van der Waals surface area contributed by atoms with Crippen LogP contribution in [0.5, 0.6) is 0 Å². The highest BCUT2D eigenvalue weighted by atomic mass is 16.2. The van der Waals surface area contributed by atoms with Crippen LogP contribution in [0.3, 0.4) is 0 Å². The van der Waals surface area contributed by atoms with E-state index in [0.29, 0.717) is 54.8 Å². The second-order valence-corrected chi connectivity index (χ2v) is 14.5. The molecule has 246 valence electrons. The third-order valence-electron chi connectivity index (χ3n) is 11.2. The van der Waals surface area contributed by atoms with Gasteiger partial charge in [0, 0.05) is 24.3 Å². The van der Waals surface area contributed by atoms with Crippen molar-refractivity contribution < 1.29 is 4.79 Å². The van der Waals surface area contributed by atoms with E-state index in [1.54, 1.807) is 17.0 Å². The smallest absolute Gasteiger partial charge is 0.350 e. The van der Waals surface area contributed by atoms with E-state index in [2.05, 4.69) is 47.4 Å². The third kappa shape index (κ3) is 8.54. The van der Waals surface area contributed by atoms with Crippen LogP contribution in [0.1, 0.15) is 103 Å². The summed E-state index contributed by atoms with van der Waals surface area (Å²) >= 11 is 0. The number of pyridine rings is 1. The van der Waals surface area contributed by atoms with Gasteiger partial charge in [-0.1, -0.05) is 65.0 Å². The summed E-state index contributed by atoms with van der Waals surface area (Å²) in [5, 5.41) is 17.3. The van der Waals surface area contributed by atoms with Gasteiger partial charge in [0.05, 0.1) is 11.6 Å². The quantitative estimate of drug-likeness (QED) is 0.205. The molecule has 1 aromatic carbocycles. The SMILES string of the molecule is CC(C)C1(C)CCC(CC(Nc2nc(=O)n(CCc3ccncc3)c3ccccc23)C(=O)NC(C#N)CCC2CCCCC2)CC1. The van der Waals surface area contributed by atoms with E-state index in [4.69, 9.17) is 0 Å². The van der Waals surface area contributed by atoms with Gasteiger partial charge in [0.1, 0.15) is 17.9 Å². The average molecular weight is 625 g/mol. The minimum absolute atomic E-state index is 0.180. The Kier molecular flexibility index (Phi) is 11.5. The van der Waals surface area contributed by atoms with Crippen molar-refractivity contribution in [2.45, 2.75) is 123 Å². The van der Waals surface area contributed by atoms with Crippen molar-refractivity contribution in [2.24, 2.45) is 23.2 Å². The number of nitriles is 1. The molecule has 5 rings (SSSR count). The number of hydrogen-bond acceptors (Lipinski definition) is 6. The number of rotatable bonds is 13. The highest BCUT2D eigenvalue weighted by Crippen LogP contribution is 2.45. The van der Waals surface area contributed by atoms with Gasteiger partial charge in [-0.3, -0.25) is 14.3 Å². The van der Waals surface area contributed by atoms with Crippen LogP contribution in [0, 0.1) is 34.5 Å². The van der Waals surface area contributed by atoms with Gasteiger partial charge >= 0.3 is 5.69 Å². The zero-order valence-corrected chi connectivity index (χ0v) is 28.0. The van der Waals surface area contributed by atoms with E-state index >= 15 is 0 Å². The number of nitrogens with zero attached hydrogens (tertiary/aromatic N) is 4. The molecule has 2 saturated carbocycles. The Morgan fingerprint density at radius 2 is 1.76 bits per heavy atom. The van der Waals surface area contributed by atoms with Crippen LogP contribution in [0.2, 0.25) is 0 Å². The van der Waals surface area contributed by atoms with Crippen LogP contribution in [-0.4, -0.2) is 32.5 Å². The lowest BCUT2D eigenvalue weighted by atomic mass is 9.65. The predicted molar refractivity (Wildman–Crippen MR) is 184 cm³/mol. The average Bonchev–Trinajstić information content (AvgIpc) is 3.07. The minimum atomic E-state index is -0.595. The van der Waals surface area contributed by atoms with Crippen molar-refractivity contribution in [1.82, 2.24) is 19.9 Å². The number of anilines is 1. The topological polar surface area (TPSA) is 113 Å². The van der Waals surface area contributed by atoms with Gasteiger partial charge in [-0.2, -0.15) is 10.2 Å². The lowest BCUT2D eigenvalue weighted by Crippen LogP contribution is -2.46. The molecule has 46 heavy (non-hydrogen) atoms. The molecule has 2 aliphatic rings. The van der Waals surface area contributed by atoms with Crippen molar-refractivity contribution in [3.05, 3.63) is 64.8 Å². The molecule has 0 radical (unpaired) electrons. The second-order valence-electron chi connectivity index (χ2n) is 14.5. The van der Waals surface area contributed by atoms with Crippen molar-refractivity contribution in [2.75, 3.05) is 5.32 Å². The number of aromatic nitrogens is 3. The monoisotopic (exact) mass is 624 g/mol. The van der Waals surface area contributed by atoms with Crippen LogP contribution in [0.15, 0.2) is 53.6 Å². The Balaban J connectivity index is 1.36. The molecule has 0 spiro atoms. The fourth-order valence-corrected chi connectivity index (χ4v) is 7.54. The molecule has 1 amide bonds. The molecule has 2 aromatic heterocycles. The molecule has 0 aliphatic heterocycles. The summed E-state index contributed by atoms with van der Waals surface area (Å²) in [6.45, 7) is 7.50. The molecule has 2 atom stereocenters. The van der Waals surface area contributed by atoms with Crippen molar-refractivity contribution >= 4 is 22.6 Å². The summed E-state index contributed by atoms with van der Waals surface area (Å²) in [5.74, 6) is 1.89. The maximum Gasteiger partial charge on any atom is 0.350 e. The van der Waals surface area contributed by atoms with E-state index in [0.717, 1.165) is 48.6 Å². The lowest BCUT2D eigenvalue weighted by Gasteiger charge is -2.41. The number of nitrogens with one attached hydrogen (secondary N) is 2. The van der Waals surface area contributed by atoms with Gasteiger partial charge in [-0.15, -0.1) is 0 Å². The molecule has 2 aliphatic carbocycles. The van der Waals surface area contributed by atoms with E-state index in [1.165, 1.54) is 32.1 Å². The maximum absolute atomic E-state index is 14.0. The highest BCUT2D eigenvalue weighted by molar-refractivity contribution is 5.92. The van der Waals surface area contributed by atoms with Crippen LogP contribution in [0.25, 0.3) is 10.9 Å². The first-order valence-electron chi connectivity index (χ1n) is 17.6. The Morgan fingerprint density at radius 1 is 1.04 bits per heavy atom. The van der Waals surface area contributed by atoms with Crippen LogP contribution in [0.4, 0.5) is 5.82 Å². The fraction of sp³-hybridized carbons (Fsp3) is 0.605. The Hall–Kier alpha value is -3.73. The van der Waals surface area contributed by atoms with E-state index in [-0.39, 0.29) is 11.6 Å². The molecule has 2 N–H and O–H groups in total. The molecule has 2 heterocycles. The summed E-state index contributed by atoms with van der Waals surface area (Å²) < 4.78 is 1.71. The van der Waals surface area contributed by atoms with Crippen molar-refractivity contribution in [1.29, 1.82) is 5.26 Å². The maximum atomic E-state index is 14.0. The van der Waals surface area contributed by atoms with Gasteiger partial charge in [-0.25, -0.2) is 4.79 Å². The molecular weight excluding hydrogens is 572 g/mol. The summed E-state index contributed by atoms with van der Waals surface area (Å²) in [4.78, 5) is 36.1. The first kappa shape index (κ1) is 33.6. The molecule has 8 heteroatoms. The number of benzene rings is 1. The first-order chi connectivity index (χ1) is 22.3. The molecule has 0 saturated heterocycles. The Labute approximate surface area is 274 Å². The molecule has 8 nitrogen and oxygen atoms in total. The van der Waals surface area contributed by atoms with Gasteiger partial charge in [0.2, 0.25) is 5.91 Å². The van der Waals surface area contributed by atoms with Crippen molar-refractivity contribution in [3.63, 3.8) is 0 Å². The normalized spacial score (nSPS) is 21.8. The summed E-state index contributed by atoms with van der Waals surface area (Å²) in [5.41, 5.74) is 1.86. The van der Waals surface area contributed by atoms with Crippen molar-refractivity contribution in [3.8, 4) is 6.07 Å². The zero-order valence-electron chi connectivity index (χ0n) is 28.0. The number of amides is 1. The van der Waals surface area contributed by atoms with Crippen LogP contribution in [-0.2, 0) is 17.8 Å². The molecule has 3 aromatic rings. The predicted octanol–water partition coefficient (Wildman–Crippen LogP) is 7.43. The Bertz CT molecular complexity index is 1530. The highest BCUT2D eigenvalue weighted by Gasteiger charge is 2.36. The fourth-order valence-electron chi connectivity index (χ4n) is 7.54. The van der Waals surface area contributed by atoms with Gasteiger partial charge in [-0.05, 0) is 104 Å². The second kappa shape index (κ2) is 15.7. The molecular formula is C38H52N6O2. The van der Waals surface area contributed by atoms with Crippen LogP contribution < -0.4 is 16.3 Å². The van der Waals surface area contributed by atoms with Gasteiger partial charge in [0.15, 0.2) is 0 Å². The summed E-state index contributed by atoms with van der Waals surface area (Å²) in [7, 11) is 0. The largest absolute Gasteiger partial charge is 0.358 e. The van der Waals surface area contributed by atoms with Gasteiger partial charge in [0.25, 0.3) is 0 Å². The Morgan fingerprint density at radius 3 is 2.46 bits per heavy atom. The number of fused-ring (bicyclic) bond motifs is 1. The summed E-state index contributed by atoms with van der Waals surface area (Å²) in [6, 6.07) is 12.9. The standard InChI is InChI=1S/C38H52N6O2/c1-27(2)38(3)20-15-30(16-21-38)25-33(36(45)41-31(26-39)14-13-28-9-5-4-6-10-28)42-35-32-11-7-8-12-34(32)44(37(46)43-35)24-19-29-17-22-40-23-18-29/h7-8,11-12,17-18,22-23,27-28,30-31,33H,4-6,9-10,13-16,19-21,24-25H2,1-3H3,(H,41,45)(H,42,43,46). The number of para-hydroxylation sites is 1. The van der Waals surface area contributed by atoms with E-state index < -0.39 is 12.1 Å². The lowest BCUT2D eigenvalue weighted by molar-refractivity contribution is -0.122. The molecule has 2 fully saturated rings. The number of aryl methyl sites for hydroxylation is 2. The molecule has 2 unspecified atom stereocenters. The van der Waals surface area contributed by atoms with E-state index in [9.17, 15) is 14.9 Å². The number of hydrogen-bond donors (Lipinski definition) is 2.